The summed E-state index contributed by atoms with van der Waals surface area (Å²) < 4.78 is 1.13. The van der Waals surface area contributed by atoms with Gasteiger partial charge in [0.15, 0.2) is 0 Å². The summed E-state index contributed by atoms with van der Waals surface area (Å²) in [6.45, 7) is 2.11. The molecule has 1 aliphatic rings. The molecule has 20 heavy (non-hydrogen) atoms. The van der Waals surface area contributed by atoms with E-state index in [1.165, 1.54) is 24.8 Å². The Morgan fingerprint density at radius 3 is 2.75 bits per heavy atom. The van der Waals surface area contributed by atoms with Crippen molar-refractivity contribution in [3.63, 3.8) is 0 Å². The molecular weight excluding hydrogens is 316 g/mol. The van der Waals surface area contributed by atoms with Gasteiger partial charge in [0.05, 0.1) is 6.61 Å². The largest absolute Gasteiger partial charge is 0.395 e. The molecule has 1 atom stereocenters. The Labute approximate surface area is 130 Å². The highest BCUT2D eigenvalue weighted by molar-refractivity contribution is 9.10. The molecule has 1 aliphatic carbocycles. The van der Waals surface area contributed by atoms with Crippen LogP contribution in [0.5, 0.6) is 0 Å². The highest BCUT2D eigenvalue weighted by Crippen LogP contribution is 2.26. The fourth-order valence-electron chi connectivity index (χ4n) is 2.85. The molecule has 112 valence electrons. The molecule has 0 aliphatic heterocycles. The molecule has 0 radical (unpaired) electrons. The standard InChI is InChI=1S/C16H25BrN2O/c1-18-16(13-4-2-5-14(17)12-13)8-9-19(10-11-20)15-6-3-7-15/h2,4-5,12,15-16,18,20H,3,6-11H2,1H3. The van der Waals surface area contributed by atoms with Crippen molar-refractivity contribution in [1.29, 1.82) is 0 Å². The lowest BCUT2D eigenvalue weighted by molar-refractivity contribution is 0.0972. The molecule has 0 saturated heterocycles. The minimum atomic E-state index is 0.262. The first-order valence-corrected chi connectivity index (χ1v) is 8.31. The van der Waals surface area contributed by atoms with Gasteiger partial charge in [-0.1, -0.05) is 34.5 Å². The molecule has 0 aromatic heterocycles. The molecule has 1 fully saturated rings. The van der Waals surface area contributed by atoms with Crippen molar-refractivity contribution >= 4 is 15.9 Å². The third-order valence-corrected chi connectivity index (χ3v) is 4.78. The molecule has 0 heterocycles. The molecule has 1 unspecified atom stereocenters. The number of rotatable bonds is 8. The van der Waals surface area contributed by atoms with Crippen LogP contribution < -0.4 is 5.32 Å². The fraction of sp³-hybridized carbons (Fsp3) is 0.625. The van der Waals surface area contributed by atoms with Gasteiger partial charge in [-0.05, 0) is 44.0 Å². The van der Waals surface area contributed by atoms with E-state index >= 15 is 0 Å². The van der Waals surface area contributed by atoms with Crippen molar-refractivity contribution in [3.05, 3.63) is 34.3 Å². The smallest absolute Gasteiger partial charge is 0.0558 e. The first kappa shape index (κ1) is 16.0. The van der Waals surface area contributed by atoms with Crippen LogP contribution >= 0.6 is 15.9 Å². The molecule has 1 aromatic rings. The third kappa shape index (κ3) is 4.29. The van der Waals surface area contributed by atoms with Crippen LogP contribution in [0, 0.1) is 0 Å². The van der Waals surface area contributed by atoms with Gasteiger partial charge < -0.3 is 10.4 Å². The zero-order valence-corrected chi connectivity index (χ0v) is 13.8. The van der Waals surface area contributed by atoms with E-state index in [4.69, 9.17) is 0 Å². The van der Waals surface area contributed by atoms with Crippen LogP contribution in [0.3, 0.4) is 0 Å². The van der Waals surface area contributed by atoms with Crippen LogP contribution in [0.25, 0.3) is 0 Å². The molecule has 2 rings (SSSR count). The van der Waals surface area contributed by atoms with Gasteiger partial charge >= 0.3 is 0 Å². The van der Waals surface area contributed by atoms with Crippen molar-refractivity contribution < 1.29 is 5.11 Å². The zero-order chi connectivity index (χ0) is 14.4. The minimum Gasteiger partial charge on any atom is -0.395 e. The van der Waals surface area contributed by atoms with Crippen LogP contribution in [0.4, 0.5) is 0 Å². The predicted molar refractivity (Wildman–Crippen MR) is 86.9 cm³/mol. The molecule has 0 bridgehead atoms. The molecule has 4 heteroatoms. The van der Waals surface area contributed by atoms with Gasteiger partial charge in [0.1, 0.15) is 0 Å². The van der Waals surface area contributed by atoms with Gasteiger partial charge in [0.2, 0.25) is 0 Å². The lowest BCUT2D eigenvalue weighted by Crippen LogP contribution is -2.43. The van der Waals surface area contributed by atoms with Gasteiger partial charge in [-0.15, -0.1) is 0 Å². The summed E-state index contributed by atoms with van der Waals surface area (Å²) >= 11 is 3.54. The number of hydrogen-bond acceptors (Lipinski definition) is 3. The van der Waals surface area contributed by atoms with Crippen LogP contribution in [-0.4, -0.2) is 42.8 Å². The average Bonchev–Trinajstić information content (AvgIpc) is 2.37. The molecular formula is C16H25BrN2O. The van der Waals surface area contributed by atoms with Gasteiger partial charge in [-0.25, -0.2) is 0 Å². The van der Waals surface area contributed by atoms with Crippen LogP contribution in [0.1, 0.15) is 37.3 Å². The molecule has 0 amide bonds. The van der Waals surface area contributed by atoms with Crippen LogP contribution in [0.15, 0.2) is 28.7 Å². The van der Waals surface area contributed by atoms with Crippen molar-refractivity contribution in [3.8, 4) is 0 Å². The zero-order valence-electron chi connectivity index (χ0n) is 12.2. The van der Waals surface area contributed by atoms with Crippen LogP contribution in [0.2, 0.25) is 0 Å². The highest BCUT2D eigenvalue weighted by atomic mass is 79.9. The Hall–Kier alpha value is -0.420. The van der Waals surface area contributed by atoms with E-state index in [-0.39, 0.29) is 6.61 Å². The van der Waals surface area contributed by atoms with E-state index in [1.54, 1.807) is 0 Å². The maximum atomic E-state index is 9.22. The number of aliphatic hydroxyl groups excluding tert-OH is 1. The van der Waals surface area contributed by atoms with Gasteiger partial charge in [-0.2, -0.15) is 0 Å². The predicted octanol–water partition coefficient (Wildman–Crippen LogP) is 2.95. The number of nitrogens with zero attached hydrogens (tertiary/aromatic N) is 1. The Bertz CT molecular complexity index is 409. The number of benzene rings is 1. The lowest BCUT2D eigenvalue weighted by Gasteiger charge is -2.38. The monoisotopic (exact) mass is 340 g/mol. The summed E-state index contributed by atoms with van der Waals surface area (Å²) in [6.07, 6.45) is 5.00. The van der Waals surface area contributed by atoms with Crippen molar-refractivity contribution in [2.75, 3.05) is 26.7 Å². The van der Waals surface area contributed by atoms with E-state index in [1.807, 2.05) is 7.05 Å². The first-order valence-electron chi connectivity index (χ1n) is 7.52. The number of hydrogen-bond donors (Lipinski definition) is 2. The van der Waals surface area contributed by atoms with Gasteiger partial charge in [0.25, 0.3) is 0 Å². The second kappa shape index (κ2) is 8.13. The third-order valence-electron chi connectivity index (χ3n) is 4.28. The Balaban J connectivity index is 1.91. The van der Waals surface area contributed by atoms with Crippen molar-refractivity contribution in [2.24, 2.45) is 0 Å². The molecule has 1 saturated carbocycles. The Kier molecular flexibility index (Phi) is 6.49. The Morgan fingerprint density at radius 1 is 1.40 bits per heavy atom. The van der Waals surface area contributed by atoms with Gasteiger partial charge in [0, 0.05) is 29.6 Å². The number of nitrogens with one attached hydrogen (secondary N) is 1. The Morgan fingerprint density at radius 2 is 2.20 bits per heavy atom. The quantitative estimate of drug-likeness (QED) is 0.763. The maximum absolute atomic E-state index is 9.22. The van der Waals surface area contributed by atoms with Crippen LogP contribution in [-0.2, 0) is 0 Å². The summed E-state index contributed by atoms with van der Waals surface area (Å²) in [5.74, 6) is 0. The van der Waals surface area contributed by atoms with Crippen molar-refractivity contribution in [1.82, 2.24) is 10.2 Å². The summed E-state index contributed by atoms with van der Waals surface area (Å²) in [6, 6.07) is 9.56. The maximum Gasteiger partial charge on any atom is 0.0558 e. The van der Waals surface area contributed by atoms with E-state index in [9.17, 15) is 5.11 Å². The second-order valence-electron chi connectivity index (χ2n) is 5.53. The first-order chi connectivity index (χ1) is 9.74. The number of halogens is 1. The van der Waals surface area contributed by atoms with Gasteiger partial charge in [-0.3, -0.25) is 4.90 Å². The minimum absolute atomic E-state index is 0.262. The second-order valence-corrected chi connectivity index (χ2v) is 6.44. The lowest BCUT2D eigenvalue weighted by atomic mass is 9.91. The summed E-state index contributed by atoms with van der Waals surface area (Å²) in [7, 11) is 2.02. The van der Waals surface area contributed by atoms with E-state index in [0.29, 0.717) is 12.1 Å². The summed E-state index contributed by atoms with van der Waals surface area (Å²) in [4.78, 5) is 2.45. The number of aliphatic hydroxyl groups is 1. The summed E-state index contributed by atoms with van der Waals surface area (Å²) in [5.41, 5.74) is 1.32. The SMILES string of the molecule is CNC(CCN(CCO)C1CCC1)c1cccc(Br)c1. The van der Waals surface area contributed by atoms with E-state index in [2.05, 4.69) is 50.4 Å². The van der Waals surface area contributed by atoms with E-state index < -0.39 is 0 Å². The molecule has 3 nitrogen and oxygen atoms in total. The van der Waals surface area contributed by atoms with E-state index in [0.717, 1.165) is 24.0 Å². The average molecular weight is 341 g/mol. The normalized spacial score (nSPS) is 17.2. The topological polar surface area (TPSA) is 35.5 Å². The van der Waals surface area contributed by atoms with Crippen molar-refractivity contribution in [2.45, 2.75) is 37.8 Å². The summed E-state index contributed by atoms with van der Waals surface area (Å²) in [5, 5.41) is 12.6. The molecule has 1 aromatic carbocycles. The molecule has 2 N–H and O–H groups in total. The fourth-order valence-corrected chi connectivity index (χ4v) is 3.27. The highest BCUT2D eigenvalue weighted by Gasteiger charge is 2.24. The molecule has 0 spiro atoms.